The molecule has 2 aromatic heterocycles. The molecule has 3 N–H and O–H groups in total. The molecule has 1 atom stereocenters. The van der Waals surface area contributed by atoms with Crippen molar-refractivity contribution in [2.24, 2.45) is 5.73 Å². The van der Waals surface area contributed by atoms with E-state index in [1.165, 1.54) is 7.11 Å². The van der Waals surface area contributed by atoms with Gasteiger partial charge in [-0.2, -0.15) is 0 Å². The molecular formula is C12H18Cl2N4O2. The number of imidazole rings is 1. The van der Waals surface area contributed by atoms with Gasteiger partial charge in [0.15, 0.2) is 0 Å². The van der Waals surface area contributed by atoms with Gasteiger partial charge in [0.1, 0.15) is 11.7 Å². The van der Waals surface area contributed by atoms with Gasteiger partial charge in [-0.05, 0) is 19.1 Å². The van der Waals surface area contributed by atoms with Gasteiger partial charge in [-0.15, -0.1) is 24.8 Å². The summed E-state index contributed by atoms with van der Waals surface area (Å²) in [6.45, 7) is 2.11. The Labute approximate surface area is 129 Å². The molecule has 0 aromatic carbocycles. The summed E-state index contributed by atoms with van der Waals surface area (Å²) >= 11 is 0. The maximum absolute atomic E-state index is 11.7. The number of nitrogens with one attached hydrogen (secondary N) is 1. The number of hydrogen-bond acceptors (Lipinski definition) is 4. The Morgan fingerprint density at radius 1 is 1.45 bits per heavy atom. The zero-order valence-electron chi connectivity index (χ0n) is 11.2. The minimum atomic E-state index is -0.671. The number of hydrogen-bond donors (Lipinski definition) is 2. The van der Waals surface area contributed by atoms with E-state index in [1.54, 1.807) is 12.3 Å². The van der Waals surface area contributed by atoms with Crippen LogP contribution >= 0.6 is 24.8 Å². The lowest BCUT2D eigenvalue weighted by atomic mass is 10.3. The molecule has 2 aromatic rings. The number of amides is 1. The van der Waals surface area contributed by atoms with E-state index in [9.17, 15) is 4.79 Å². The van der Waals surface area contributed by atoms with Crippen molar-refractivity contribution in [1.82, 2.24) is 9.38 Å². The van der Waals surface area contributed by atoms with Crippen LogP contribution in [0.4, 0.5) is 5.69 Å². The Balaban J connectivity index is 0.00000180. The van der Waals surface area contributed by atoms with Gasteiger partial charge in [-0.3, -0.25) is 4.79 Å². The van der Waals surface area contributed by atoms with Crippen LogP contribution < -0.4 is 11.1 Å². The zero-order chi connectivity index (χ0) is 13.1. The van der Waals surface area contributed by atoms with Gasteiger partial charge in [0.25, 0.3) is 0 Å². The van der Waals surface area contributed by atoms with E-state index in [0.717, 1.165) is 11.3 Å². The average Bonchev–Trinajstić information content (AvgIpc) is 2.68. The minimum absolute atomic E-state index is 0. The third kappa shape index (κ3) is 4.35. The highest BCUT2D eigenvalue weighted by molar-refractivity contribution is 5.94. The fraction of sp³-hybridized carbons (Fsp3) is 0.333. The number of pyridine rings is 1. The predicted molar refractivity (Wildman–Crippen MR) is 82.9 cm³/mol. The van der Waals surface area contributed by atoms with Crippen LogP contribution in [-0.4, -0.2) is 35.1 Å². The van der Waals surface area contributed by atoms with Crippen molar-refractivity contribution in [3.8, 4) is 0 Å². The second kappa shape index (κ2) is 8.06. The number of carbonyl (C=O) groups excluding carboxylic acids is 1. The summed E-state index contributed by atoms with van der Waals surface area (Å²) in [7, 11) is 1.51. The maximum atomic E-state index is 11.7. The fourth-order valence-electron chi connectivity index (χ4n) is 1.68. The molecule has 8 heteroatoms. The standard InChI is InChI=1S/C12H16N4O2.2ClH/c1-8-5-16-6-9(3-4-11(16)14-8)15-12(17)10(13)7-18-2;;/h3-6,10H,7,13H2,1-2H3,(H,15,17);2*1H. The summed E-state index contributed by atoms with van der Waals surface area (Å²) < 4.78 is 6.69. The molecule has 0 bridgehead atoms. The topological polar surface area (TPSA) is 81.6 Å². The number of carbonyl (C=O) groups is 1. The number of aromatic nitrogens is 2. The summed E-state index contributed by atoms with van der Waals surface area (Å²) in [5.41, 5.74) is 8.08. The molecule has 0 spiro atoms. The van der Waals surface area contributed by atoms with Crippen molar-refractivity contribution in [2.45, 2.75) is 13.0 Å². The molecule has 0 saturated heterocycles. The Hall–Kier alpha value is -1.34. The van der Waals surface area contributed by atoms with Gasteiger partial charge >= 0.3 is 0 Å². The molecule has 0 aliphatic rings. The number of nitrogens with two attached hydrogens (primary N) is 1. The molecule has 112 valence electrons. The van der Waals surface area contributed by atoms with Crippen molar-refractivity contribution in [1.29, 1.82) is 0 Å². The number of ether oxygens (including phenoxy) is 1. The second-order valence-corrected chi connectivity index (χ2v) is 4.12. The normalized spacial score (nSPS) is 11.3. The molecule has 0 aliphatic heterocycles. The van der Waals surface area contributed by atoms with Gasteiger partial charge in [-0.1, -0.05) is 0 Å². The number of nitrogens with zero attached hydrogens (tertiary/aromatic N) is 2. The second-order valence-electron chi connectivity index (χ2n) is 4.12. The number of methoxy groups -OCH3 is 1. The van der Waals surface area contributed by atoms with Crippen LogP contribution in [0.1, 0.15) is 5.69 Å². The van der Waals surface area contributed by atoms with Gasteiger partial charge in [0.05, 0.1) is 18.0 Å². The lowest BCUT2D eigenvalue weighted by molar-refractivity contribution is -0.118. The van der Waals surface area contributed by atoms with Crippen molar-refractivity contribution >= 4 is 42.1 Å². The van der Waals surface area contributed by atoms with Crippen molar-refractivity contribution < 1.29 is 9.53 Å². The molecule has 0 fully saturated rings. The van der Waals surface area contributed by atoms with Crippen LogP contribution in [0.25, 0.3) is 5.65 Å². The highest BCUT2D eigenvalue weighted by Crippen LogP contribution is 2.11. The lowest BCUT2D eigenvalue weighted by Gasteiger charge is -2.11. The molecule has 0 radical (unpaired) electrons. The molecule has 6 nitrogen and oxygen atoms in total. The van der Waals surface area contributed by atoms with Gasteiger partial charge < -0.3 is 20.2 Å². The average molecular weight is 321 g/mol. The molecular weight excluding hydrogens is 303 g/mol. The van der Waals surface area contributed by atoms with Crippen LogP contribution in [0, 0.1) is 6.92 Å². The van der Waals surface area contributed by atoms with E-state index < -0.39 is 6.04 Å². The summed E-state index contributed by atoms with van der Waals surface area (Å²) in [5.74, 6) is -0.270. The van der Waals surface area contributed by atoms with Crippen LogP contribution in [0.3, 0.4) is 0 Å². The van der Waals surface area contributed by atoms with Gasteiger partial charge in [0, 0.05) is 19.5 Å². The molecule has 1 amide bonds. The van der Waals surface area contributed by atoms with Crippen LogP contribution in [-0.2, 0) is 9.53 Å². The molecule has 20 heavy (non-hydrogen) atoms. The van der Waals surface area contributed by atoms with Crippen LogP contribution in [0.15, 0.2) is 24.5 Å². The Morgan fingerprint density at radius 3 is 2.80 bits per heavy atom. The highest BCUT2D eigenvalue weighted by Gasteiger charge is 2.13. The number of rotatable bonds is 4. The quantitative estimate of drug-likeness (QED) is 0.892. The monoisotopic (exact) mass is 320 g/mol. The van der Waals surface area contributed by atoms with Crippen molar-refractivity contribution in [3.63, 3.8) is 0 Å². The van der Waals surface area contributed by atoms with E-state index in [0.29, 0.717) is 5.69 Å². The summed E-state index contributed by atoms with van der Waals surface area (Å²) in [5, 5.41) is 2.74. The maximum Gasteiger partial charge on any atom is 0.243 e. The minimum Gasteiger partial charge on any atom is -0.383 e. The Kier molecular flexibility index (Phi) is 7.52. The van der Waals surface area contributed by atoms with E-state index in [1.807, 2.05) is 23.6 Å². The first-order chi connectivity index (χ1) is 8.60. The Bertz CT molecular complexity index is 574. The highest BCUT2D eigenvalue weighted by atomic mass is 35.5. The molecule has 2 heterocycles. The summed E-state index contributed by atoms with van der Waals surface area (Å²) in [6.07, 6.45) is 3.69. The number of halogens is 2. The third-order valence-corrected chi connectivity index (χ3v) is 2.52. The summed E-state index contributed by atoms with van der Waals surface area (Å²) in [4.78, 5) is 16.0. The first-order valence-electron chi connectivity index (χ1n) is 5.61. The van der Waals surface area contributed by atoms with Crippen molar-refractivity contribution in [2.75, 3.05) is 19.0 Å². The number of aryl methyl sites for hydroxylation is 1. The predicted octanol–water partition coefficient (Wildman–Crippen LogP) is 1.40. The third-order valence-electron chi connectivity index (χ3n) is 2.52. The first-order valence-corrected chi connectivity index (χ1v) is 5.61. The van der Waals surface area contributed by atoms with E-state index >= 15 is 0 Å². The van der Waals surface area contributed by atoms with Crippen molar-refractivity contribution in [3.05, 3.63) is 30.2 Å². The molecule has 2 rings (SSSR count). The zero-order valence-corrected chi connectivity index (χ0v) is 12.8. The SMILES string of the molecule is COCC(N)C(=O)Nc1ccc2nc(C)cn2c1.Cl.Cl. The largest absolute Gasteiger partial charge is 0.383 e. The molecule has 0 aliphatic carbocycles. The lowest BCUT2D eigenvalue weighted by Crippen LogP contribution is -2.39. The smallest absolute Gasteiger partial charge is 0.243 e. The van der Waals surface area contributed by atoms with E-state index in [-0.39, 0.29) is 37.3 Å². The van der Waals surface area contributed by atoms with Crippen LogP contribution in [0.5, 0.6) is 0 Å². The van der Waals surface area contributed by atoms with Gasteiger partial charge in [-0.25, -0.2) is 4.98 Å². The Morgan fingerprint density at radius 2 is 2.15 bits per heavy atom. The number of anilines is 1. The first kappa shape index (κ1) is 18.7. The summed E-state index contributed by atoms with van der Waals surface area (Å²) in [6, 6.07) is 2.96. The van der Waals surface area contributed by atoms with Crippen LogP contribution in [0.2, 0.25) is 0 Å². The number of fused-ring (bicyclic) bond motifs is 1. The van der Waals surface area contributed by atoms with E-state index in [2.05, 4.69) is 10.3 Å². The van der Waals surface area contributed by atoms with Gasteiger partial charge in [0.2, 0.25) is 5.91 Å². The van der Waals surface area contributed by atoms with E-state index in [4.69, 9.17) is 10.5 Å². The molecule has 0 saturated carbocycles. The molecule has 1 unspecified atom stereocenters. The fourth-order valence-corrected chi connectivity index (χ4v) is 1.68.